The lowest BCUT2D eigenvalue weighted by Crippen LogP contribution is -2.40. The summed E-state index contributed by atoms with van der Waals surface area (Å²) in [5.74, 6) is 0.179. The van der Waals surface area contributed by atoms with Crippen LogP contribution in [0, 0.1) is 11.7 Å². The van der Waals surface area contributed by atoms with Gasteiger partial charge in [-0.3, -0.25) is 9.69 Å². The molecule has 3 nitrogen and oxygen atoms in total. The summed E-state index contributed by atoms with van der Waals surface area (Å²) >= 11 is 0. The molecule has 1 amide bonds. The zero-order valence-electron chi connectivity index (χ0n) is 13.5. The van der Waals surface area contributed by atoms with Crippen LogP contribution in [0.2, 0.25) is 0 Å². The van der Waals surface area contributed by atoms with E-state index < -0.39 is 0 Å². The molecule has 1 N–H and O–H groups in total. The fraction of sp³-hybridized carbons (Fsp3) is 0.611. The second-order valence-electron chi connectivity index (χ2n) is 6.14. The molecule has 0 saturated carbocycles. The molecular formula is C18H27FN2O. The number of carbonyl (C=O) groups is 1. The van der Waals surface area contributed by atoms with Gasteiger partial charge in [-0.15, -0.1) is 0 Å². The molecular weight excluding hydrogens is 279 g/mol. The first-order valence-corrected chi connectivity index (χ1v) is 8.44. The lowest BCUT2D eigenvalue weighted by molar-refractivity contribution is -0.126. The Kier molecular flexibility index (Phi) is 6.84. The number of halogens is 1. The van der Waals surface area contributed by atoms with Gasteiger partial charge in [-0.1, -0.05) is 38.0 Å². The first kappa shape index (κ1) is 16.9. The summed E-state index contributed by atoms with van der Waals surface area (Å²) in [6.07, 6.45) is 5.14. The van der Waals surface area contributed by atoms with Gasteiger partial charge in [0.15, 0.2) is 0 Å². The highest BCUT2D eigenvalue weighted by Gasteiger charge is 2.24. The number of amides is 1. The summed E-state index contributed by atoms with van der Waals surface area (Å²) in [5.41, 5.74) is 0.741. The number of benzene rings is 1. The van der Waals surface area contributed by atoms with Crippen molar-refractivity contribution in [2.45, 2.75) is 45.6 Å². The predicted octanol–water partition coefficient (Wildman–Crippen LogP) is 3.34. The Morgan fingerprint density at radius 1 is 1.27 bits per heavy atom. The number of likely N-dealkylation sites (tertiary alicyclic amines) is 1. The van der Waals surface area contributed by atoms with E-state index >= 15 is 0 Å². The minimum atomic E-state index is -0.140. The maximum atomic E-state index is 13.7. The van der Waals surface area contributed by atoms with Gasteiger partial charge >= 0.3 is 0 Å². The average Bonchev–Trinajstić information content (AvgIpc) is 2.54. The van der Waals surface area contributed by atoms with E-state index in [1.807, 2.05) is 12.1 Å². The van der Waals surface area contributed by atoms with Gasteiger partial charge in [-0.2, -0.15) is 0 Å². The molecule has 0 spiro atoms. The van der Waals surface area contributed by atoms with Gasteiger partial charge in [-0.05, 0) is 38.4 Å². The number of rotatable bonds is 7. The summed E-state index contributed by atoms with van der Waals surface area (Å²) in [4.78, 5) is 14.3. The van der Waals surface area contributed by atoms with Crippen molar-refractivity contribution in [2.24, 2.45) is 5.92 Å². The third kappa shape index (κ3) is 5.09. The van der Waals surface area contributed by atoms with Crippen LogP contribution in [0.5, 0.6) is 0 Å². The summed E-state index contributed by atoms with van der Waals surface area (Å²) in [6, 6.07) is 6.93. The highest BCUT2D eigenvalue weighted by atomic mass is 19.1. The number of unbranched alkanes of at least 4 members (excludes halogenated alkanes) is 2. The zero-order chi connectivity index (χ0) is 15.8. The quantitative estimate of drug-likeness (QED) is 0.784. The molecule has 1 aliphatic rings. The number of nitrogens with zero attached hydrogens (tertiary/aromatic N) is 1. The van der Waals surface area contributed by atoms with Crippen molar-refractivity contribution < 1.29 is 9.18 Å². The normalized spacial score (nSPS) is 16.6. The predicted molar refractivity (Wildman–Crippen MR) is 86.9 cm³/mol. The van der Waals surface area contributed by atoms with Crippen LogP contribution >= 0.6 is 0 Å². The van der Waals surface area contributed by atoms with Gasteiger partial charge < -0.3 is 5.32 Å². The summed E-state index contributed by atoms with van der Waals surface area (Å²) in [7, 11) is 0. The van der Waals surface area contributed by atoms with Crippen LogP contribution in [0.15, 0.2) is 24.3 Å². The maximum absolute atomic E-state index is 13.7. The number of piperidine rings is 1. The first-order valence-electron chi connectivity index (χ1n) is 8.44. The number of hydrogen-bond donors (Lipinski definition) is 1. The van der Waals surface area contributed by atoms with Crippen LogP contribution in [0.1, 0.15) is 44.6 Å². The van der Waals surface area contributed by atoms with Crippen LogP contribution in [-0.4, -0.2) is 30.4 Å². The second kappa shape index (κ2) is 8.89. The van der Waals surface area contributed by atoms with E-state index in [1.165, 1.54) is 18.9 Å². The van der Waals surface area contributed by atoms with Crippen LogP contribution < -0.4 is 5.32 Å². The Hall–Kier alpha value is -1.42. The third-order valence-corrected chi connectivity index (χ3v) is 4.39. The molecule has 0 bridgehead atoms. The molecule has 0 aliphatic carbocycles. The van der Waals surface area contributed by atoms with Crippen LogP contribution in [0.4, 0.5) is 4.39 Å². The molecule has 0 unspecified atom stereocenters. The minimum Gasteiger partial charge on any atom is -0.356 e. The molecule has 2 rings (SSSR count). The molecule has 1 aliphatic heterocycles. The number of nitrogens with one attached hydrogen (secondary N) is 1. The van der Waals surface area contributed by atoms with Crippen molar-refractivity contribution in [3.63, 3.8) is 0 Å². The fourth-order valence-corrected chi connectivity index (χ4v) is 2.95. The van der Waals surface area contributed by atoms with E-state index in [0.29, 0.717) is 6.54 Å². The van der Waals surface area contributed by atoms with Crippen molar-refractivity contribution in [2.75, 3.05) is 19.6 Å². The zero-order valence-corrected chi connectivity index (χ0v) is 13.5. The van der Waals surface area contributed by atoms with E-state index in [9.17, 15) is 9.18 Å². The second-order valence-corrected chi connectivity index (χ2v) is 6.14. The highest BCUT2D eigenvalue weighted by Crippen LogP contribution is 2.20. The van der Waals surface area contributed by atoms with Crippen molar-refractivity contribution in [1.29, 1.82) is 0 Å². The molecule has 4 heteroatoms. The van der Waals surface area contributed by atoms with Crippen LogP contribution in [-0.2, 0) is 11.3 Å². The van der Waals surface area contributed by atoms with E-state index in [2.05, 4.69) is 17.1 Å². The van der Waals surface area contributed by atoms with E-state index in [-0.39, 0.29) is 17.6 Å². The maximum Gasteiger partial charge on any atom is 0.223 e. The van der Waals surface area contributed by atoms with Gasteiger partial charge in [-0.25, -0.2) is 4.39 Å². The Morgan fingerprint density at radius 2 is 2.00 bits per heavy atom. The van der Waals surface area contributed by atoms with Crippen molar-refractivity contribution >= 4 is 5.91 Å². The monoisotopic (exact) mass is 306 g/mol. The SMILES string of the molecule is CCCCCNC(=O)C1CCN(Cc2ccccc2F)CC1. The topological polar surface area (TPSA) is 32.3 Å². The van der Waals surface area contributed by atoms with Crippen molar-refractivity contribution in [3.8, 4) is 0 Å². The van der Waals surface area contributed by atoms with Crippen LogP contribution in [0.25, 0.3) is 0 Å². The van der Waals surface area contributed by atoms with Gasteiger partial charge in [0.1, 0.15) is 5.82 Å². The summed E-state index contributed by atoms with van der Waals surface area (Å²) in [5, 5.41) is 3.04. The molecule has 1 fully saturated rings. The Labute approximate surface area is 132 Å². The average molecular weight is 306 g/mol. The highest BCUT2D eigenvalue weighted by molar-refractivity contribution is 5.78. The minimum absolute atomic E-state index is 0.124. The molecule has 0 atom stereocenters. The molecule has 122 valence electrons. The standard InChI is InChI=1S/C18H27FN2O/c1-2-3-6-11-20-18(22)15-9-12-21(13-10-15)14-16-7-4-5-8-17(16)19/h4-5,7-8,15H,2-3,6,9-14H2,1H3,(H,20,22). The summed E-state index contributed by atoms with van der Waals surface area (Å²) in [6.45, 7) is 5.31. The molecule has 1 heterocycles. The number of hydrogen-bond acceptors (Lipinski definition) is 2. The van der Waals surface area contributed by atoms with Gasteiger partial charge in [0, 0.05) is 24.6 Å². The lowest BCUT2D eigenvalue weighted by atomic mass is 9.95. The molecule has 0 aromatic heterocycles. The van der Waals surface area contributed by atoms with Gasteiger partial charge in [0.2, 0.25) is 5.91 Å². The number of carbonyl (C=O) groups excluding carboxylic acids is 1. The van der Waals surface area contributed by atoms with Crippen molar-refractivity contribution in [3.05, 3.63) is 35.6 Å². The van der Waals surface area contributed by atoms with Gasteiger partial charge in [0.25, 0.3) is 0 Å². The van der Waals surface area contributed by atoms with E-state index in [4.69, 9.17) is 0 Å². The van der Waals surface area contributed by atoms with Gasteiger partial charge in [0.05, 0.1) is 0 Å². The lowest BCUT2D eigenvalue weighted by Gasteiger charge is -2.31. The fourth-order valence-electron chi connectivity index (χ4n) is 2.95. The van der Waals surface area contributed by atoms with E-state index in [0.717, 1.165) is 44.5 Å². The van der Waals surface area contributed by atoms with Crippen LogP contribution in [0.3, 0.4) is 0 Å². The molecule has 22 heavy (non-hydrogen) atoms. The Balaban J connectivity index is 1.71. The first-order chi connectivity index (χ1) is 10.7. The smallest absolute Gasteiger partial charge is 0.223 e. The largest absolute Gasteiger partial charge is 0.356 e. The Bertz CT molecular complexity index is 470. The molecule has 0 radical (unpaired) electrons. The molecule has 1 saturated heterocycles. The molecule has 1 aromatic carbocycles. The molecule has 1 aromatic rings. The van der Waals surface area contributed by atoms with Crippen molar-refractivity contribution in [1.82, 2.24) is 10.2 Å². The van der Waals surface area contributed by atoms with E-state index in [1.54, 1.807) is 6.07 Å². The summed E-state index contributed by atoms with van der Waals surface area (Å²) < 4.78 is 13.7. The Morgan fingerprint density at radius 3 is 2.68 bits per heavy atom. The third-order valence-electron chi connectivity index (χ3n) is 4.39.